The molecule has 0 bridgehead atoms. The monoisotopic (exact) mass is 358 g/mol. The van der Waals surface area contributed by atoms with Gasteiger partial charge < -0.3 is 11.1 Å². The summed E-state index contributed by atoms with van der Waals surface area (Å²) in [5, 5.41) is 5.98. The van der Waals surface area contributed by atoms with Crippen molar-refractivity contribution < 1.29 is 9.59 Å². The Morgan fingerprint density at radius 2 is 1.96 bits per heavy atom. The number of anilines is 1. The number of amides is 2. The molecule has 1 fully saturated rings. The topological polar surface area (TPSA) is 88.3 Å². The number of aryl methyl sites for hydroxylation is 1. The van der Waals surface area contributed by atoms with Gasteiger partial charge in [-0.15, -0.1) is 11.3 Å². The van der Waals surface area contributed by atoms with E-state index in [-0.39, 0.29) is 17.7 Å². The minimum absolute atomic E-state index is 0.0465. The van der Waals surface area contributed by atoms with Gasteiger partial charge in [-0.3, -0.25) is 14.5 Å². The number of nitrogens with zero attached hydrogens (tertiary/aromatic N) is 2. The summed E-state index contributed by atoms with van der Waals surface area (Å²) in [5.41, 5.74) is 8.10. The number of thiazole rings is 1. The van der Waals surface area contributed by atoms with E-state index < -0.39 is 0 Å². The fourth-order valence-electron chi connectivity index (χ4n) is 3.00. The number of nitrogens with two attached hydrogens (primary N) is 1. The van der Waals surface area contributed by atoms with Crippen molar-refractivity contribution in [3.05, 3.63) is 34.7 Å². The molecule has 7 heteroatoms. The molecule has 1 aromatic carbocycles. The third-order valence-electron chi connectivity index (χ3n) is 4.44. The average molecular weight is 358 g/mol. The predicted octanol–water partition coefficient (Wildman–Crippen LogP) is 2.25. The Labute approximate surface area is 151 Å². The highest BCUT2D eigenvalue weighted by Crippen LogP contribution is 2.23. The van der Waals surface area contributed by atoms with Crippen LogP contribution in [0.15, 0.2) is 29.6 Å². The zero-order valence-electron chi connectivity index (χ0n) is 14.2. The molecule has 2 aromatic rings. The second-order valence-corrected chi connectivity index (χ2v) is 7.39. The molecule has 1 saturated heterocycles. The van der Waals surface area contributed by atoms with E-state index in [1.165, 1.54) is 0 Å². The Hall–Kier alpha value is -2.25. The second-order valence-electron chi connectivity index (χ2n) is 6.33. The molecule has 0 saturated carbocycles. The zero-order valence-corrected chi connectivity index (χ0v) is 15.0. The van der Waals surface area contributed by atoms with Crippen molar-refractivity contribution >= 4 is 28.8 Å². The summed E-state index contributed by atoms with van der Waals surface area (Å²) in [7, 11) is 0. The number of benzene rings is 1. The summed E-state index contributed by atoms with van der Waals surface area (Å²) in [4.78, 5) is 29.9. The quantitative estimate of drug-likeness (QED) is 0.858. The van der Waals surface area contributed by atoms with E-state index in [9.17, 15) is 9.59 Å². The number of carbonyl (C=O) groups excluding carboxylic acids is 2. The fourth-order valence-corrected chi connectivity index (χ4v) is 3.62. The fraction of sp³-hybridized carbons (Fsp3) is 0.389. The third-order valence-corrected chi connectivity index (χ3v) is 5.21. The minimum atomic E-state index is -0.237. The third kappa shape index (κ3) is 4.64. The van der Waals surface area contributed by atoms with Gasteiger partial charge in [0.1, 0.15) is 0 Å². The minimum Gasteiger partial charge on any atom is -0.369 e. The second kappa shape index (κ2) is 7.76. The van der Waals surface area contributed by atoms with Gasteiger partial charge in [0.15, 0.2) is 0 Å². The molecule has 1 aromatic heterocycles. The van der Waals surface area contributed by atoms with Crippen LogP contribution in [0.3, 0.4) is 0 Å². The maximum atomic E-state index is 12.2. The van der Waals surface area contributed by atoms with Crippen LogP contribution in [-0.4, -0.2) is 41.3 Å². The lowest BCUT2D eigenvalue weighted by molar-refractivity contribution is -0.123. The summed E-state index contributed by atoms with van der Waals surface area (Å²) < 4.78 is 0. The van der Waals surface area contributed by atoms with Gasteiger partial charge in [-0.25, -0.2) is 4.98 Å². The Morgan fingerprint density at radius 3 is 2.52 bits per heavy atom. The Balaban J connectivity index is 1.51. The molecule has 0 atom stereocenters. The van der Waals surface area contributed by atoms with Crippen LogP contribution in [0.5, 0.6) is 0 Å². The van der Waals surface area contributed by atoms with E-state index in [1.54, 1.807) is 11.3 Å². The highest BCUT2D eigenvalue weighted by molar-refractivity contribution is 7.09. The molecule has 2 amide bonds. The van der Waals surface area contributed by atoms with Gasteiger partial charge in [-0.1, -0.05) is 12.1 Å². The summed E-state index contributed by atoms with van der Waals surface area (Å²) in [6, 6.07) is 7.70. The molecule has 132 valence electrons. The number of likely N-dealkylation sites (tertiary alicyclic amines) is 1. The highest BCUT2D eigenvalue weighted by atomic mass is 32.1. The maximum absolute atomic E-state index is 12.2. The summed E-state index contributed by atoms with van der Waals surface area (Å²) >= 11 is 1.62. The Kier molecular flexibility index (Phi) is 5.45. The molecule has 0 unspecified atom stereocenters. The molecule has 2 heterocycles. The lowest BCUT2D eigenvalue weighted by atomic mass is 9.96. The number of aromatic nitrogens is 1. The first-order chi connectivity index (χ1) is 12.0. The summed E-state index contributed by atoms with van der Waals surface area (Å²) in [6.45, 7) is 3.76. The molecule has 1 aliphatic rings. The van der Waals surface area contributed by atoms with Crippen molar-refractivity contribution in [3.8, 4) is 11.3 Å². The molecule has 0 aliphatic carbocycles. The van der Waals surface area contributed by atoms with Crippen molar-refractivity contribution in [2.45, 2.75) is 19.8 Å². The van der Waals surface area contributed by atoms with Crippen LogP contribution in [0.1, 0.15) is 17.8 Å². The number of rotatable bonds is 5. The molecule has 1 aliphatic heterocycles. The number of hydrogen-bond acceptors (Lipinski definition) is 5. The normalized spacial score (nSPS) is 15.9. The van der Waals surface area contributed by atoms with Crippen LogP contribution >= 0.6 is 11.3 Å². The van der Waals surface area contributed by atoms with Gasteiger partial charge in [0.2, 0.25) is 11.8 Å². The number of piperidine rings is 1. The predicted molar refractivity (Wildman–Crippen MR) is 99.3 cm³/mol. The zero-order chi connectivity index (χ0) is 17.8. The lowest BCUT2D eigenvalue weighted by Gasteiger charge is -2.29. The highest BCUT2D eigenvalue weighted by Gasteiger charge is 2.24. The standard InChI is InChI=1S/C18H22N4O2S/c1-12-20-16(11-25-12)13-2-4-15(5-3-13)21-17(23)10-22-8-6-14(7-9-22)18(19)24/h2-5,11,14H,6-10H2,1H3,(H2,19,24)(H,21,23). The number of primary amides is 1. The largest absolute Gasteiger partial charge is 0.369 e. The lowest BCUT2D eigenvalue weighted by Crippen LogP contribution is -2.42. The van der Waals surface area contributed by atoms with E-state index in [0.29, 0.717) is 6.54 Å². The van der Waals surface area contributed by atoms with Gasteiger partial charge in [-0.05, 0) is 45.0 Å². The number of carbonyl (C=O) groups is 2. The molecule has 6 nitrogen and oxygen atoms in total. The van der Waals surface area contributed by atoms with Crippen molar-refractivity contribution in [1.29, 1.82) is 0 Å². The smallest absolute Gasteiger partial charge is 0.238 e. The first kappa shape index (κ1) is 17.6. The van der Waals surface area contributed by atoms with E-state index in [4.69, 9.17) is 5.73 Å². The van der Waals surface area contributed by atoms with Crippen LogP contribution in [0.2, 0.25) is 0 Å². The van der Waals surface area contributed by atoms with E-state index in [1.807, 2.05) is 36.6 Å². The summed E-state index contributed by atoms with van der Waals surface area (Å²) in [5.74, 6) is -0.338. The molecule has 0 spiro atoms. The molecule has 3 N–H and O–H groups in total. The van der Waals surface area contributed by atoms with Gasteiger partial charge in [0.25, 0.3) is 0 Å². The number of hydrogen-bond donors (Lipinski definition) is 2. The molecular formula is C18H22N4O2S. The first-order valence-electron chi connectivity index (χ1n) is 8.35. The number of nitrogens with one attached hydrogen (secondary N) is 1. The van der Waals surface area contributed by atoms with Crippen LogP contribution in [0.4, 0.5) is 5.69 Å². The van der Waals surface area contributed by atoms with E-state index >= 15 is 0 Å². The van der Waals surface area contributed by atoms with Crippen LogP contribution in [0, 0.1) is 12.8 Å². The maximum Gasteiger partial charge on any atom is 0.238 e. The van der Waals surface area contributed by atoms with Gasteiger partial charge in [0.05, 0.1) is 17.2 Å². The first-order valence-corrected chi connectivity index (χ1v) is 9.23. The van der Waals surface area contributed by atoms with Crippen molar-refractivity contribution in [2.75, 3.05) is 25.0 Å². The van der Waals surface area contributed by atoms with Crippen LogP contribution < -0.4 is 11.1 Å². The van der Waals surface area contributed by atoms with Crippen molar-refractivity contribution in [1.82, 2.24) is 9.88 Å². The molecular weight excluding hydrogens is 336 g/mol. The Bertz CT molecular complexity index is 749. The van der Waals surface area contributed by atoms with Crippen LogP contribution in [-0.2, 0) is 9.59 Å². The van der Waals surface area contributed by atoms with E-state index in [2.05, 4.69) is 15.2 Å². The van der Waals surface area contributed by atoms with E-state index in [0.717, 1.165) is 47.9 Å². The van der Waals surface area contributed by atoms with Crippen LogP contribution in [0.25, 0.3) is 11.3 Å². The summed E-state index contributed by atoms with van der Waals surface area (Å²) in [6.07, 6.45) is 1.45. The van der Waals surface area contributed by atoms with Crippen molar-refractivity contribution in [3.63, 3.8) is 0 Å². The average Bonchev–Trinajstić information content (AvgIpc) is 3.02. The van der Waals surface area contributed by atoms with Gasteiger partial charge in [0, 0.05) is 22.5 Å². The van der Waals surface area contributed by atoms with Gasteiger partial charge >= 0.3 is 0 Å². The molecule has 25 heavy (non-hydrogen) atoms. The SMILES string of the molecule is Cc1nc(-c2ccc(NC(=O)CN3CCC(C(N)=O)CC3)cc2)cs1. The van der Waals surface area contributed by atoms with Crippen molar-refractivity contribution in [2.24, 2.45) is 11.7 Å². The van der Waals surface area contributed by atoms with Gasteiger partial charge in [-0.2, -0.15) is 0 Å². The molecule has 3 rings (SSSR count). The Morgan fingerprint density at radius 1 is 1.28 bits per heavy atom. The molecule has 0 radical (unpaired) electrons.